The molecule has 0 aliphatic heterocycles. The molecule has 0 bridgehead atoms. The topological polar surface area (TPSA) is 9.23 Å². The van der Waals surface area contributed by atoms with E-state index in [0.717, 1.165) is 6.42 Å². The van der Waals surface area contributed by atoms with Gasteiger partial charge in [-0.3, -0.25) is 0 Å². The molecule has 0 radical (unpaired) electrons. The van der Waals surface area contributed by atoms with Crippen molar-refractivity contribution in [2.24, 2.45) is 0 Å². The summed E-state index contributed by atoms with van der Waals surface area (Å²) in [5.41, 5.74) is 1.90. The second-order valence-electron chi connectivity index (χ2n) is 3.59. The average Bonchev–Trinajstić information content (AvgIpc) is 2.84. The van der Waals surface area contributed by atoms with E-state index in [-0.39, 0.29) is 17.4 Å². The van der Waals surface area contributed by atoms with Crippen LogP contribution < -0.4 is 4.74 Å². The highest BCUT2D eigenvalue weighted by molar-refractivity contribution is 7.07. The quantitative estimate of drug-likeness (QED) is 0.738. The standard InChI is InChI=1S/C13H12ClFOS/c14-8-11-2-1-3-12(15)13(11)16-6-4-10-5-7-17-9-10/h1-3,5,7,9H,4,6,8H2. The van der Waals surface area contributed by atoms with Crippen molar-refractivity contribution >= 4 is 22.9 Å². The summed E-state index contributed by atoms with van der Waals surface area (Å²) >= 11 is 7.38. The summed E-state index contributed by atoms with van der Waals surface area (Å²) in [6.45, 7) is 0.460. The van der Waals surface area contributed by atoms with Crippen molar-refractivity contribution in [3.8, 4) is 5.75 Å². The third-order valence-electron chi connectivity index (χ3n) is 2.41. The first-order valence-corrected chi connectivity index (χ1v) is 6.76. The van der Waals surface area contributed by atoms with E-state index in [2.05, 4.69) is 5.38 Å². The van der Waals surface area contributed by atoms with Gasteiger partial charge >= 0.3 is 0 Å². The molecule has 1 heterocycles. The Bertz CT molecular complexity index is 470. The van der Waals surface area contributed by atoms with Crippen LogP contribution in [0.1, 0.15) is 11.1 Å². The lowest BCUT2D eigenvalue weighted by Crippen LogP contribution is -2.04. The molecule has 0 amide bonds. The number of halogens is 2. The molecule has 0 unspecified atom stereocenters. The number of para-hydroxylation sites is 1. The lowest BCUT2D eigenvalue weighted by atomic mass is 10.2. The average molecular weight is 271 g/mol. The Balaban J connectivity index is 1.98. The largest absolute Gasteiger partial charge is 0.490 e. The van der Waals surface area contributed by atoms with Crippen LogP contribution in [-0.4, -0.2) is 6.61 Å². The minimum atomic E-state index is -0.353. The Hall–Kier alpha value is -1.06. The molecule has 0 spiro atoms. The van der Waals surface area contributed by atoms with Gasteiger partial charge in [-0.25, -0.2) is 4.39 Å². The van der Waals surface area contributed by atoms with Crippen LogP contribution in [0.4, 0.5) is 4.39 Å². The molecule has 0 N–H and O–H groups in total. The maximum absolute atomic E-state index is 13.5. The summed E-state index contributed by atoms with van der Waals surface area (Å²) in [7, 11) is 0. The molecule has 0 aliphatic rings. The number of hydrogen-bond donors (Lipinski definition) is 0. The SMILES string of the molecule is Fc1cccc(CCl)c1OCCc1ccsc1. The monoisotopic (exact) mass is 270 g/mol. The van der Waals surface area contributed by atoms with Gasteiger partial charge in [0.1, 0.15) is 0 Å². The van der Waals surface area contributed by atoms with E-state index in [1.54, 1.807) is 23.5 Å². The molecule has 1 nitrogen and oxygen atoms in total. The lowest BCUT2D eigenvalue weighted by Gasteiger charge is -2.10. The summed E-state index contributed by atoms with van der Waals surface area (Å²) in [6, 6.07) is 6.84. The van der Waals surface area contributed by atoms with Gasteiger partial charge in [-0.15, -0.1) is 11.6 Å². The predicted octanol–water partition coefficient (Wildman–Crippen LogP) is 4.25. The Morgan fingerprint density at radius 3 is 2.88 bits per heavy atom. The Morgan fingerprint density at radius 2 is 2.18 bits per heavy atom. The molecule has 1 aromatic heterocycles. The highest BCUT2D eigenvalue weighted by atomic mass is 35.5. The first kappa shape index (κ1) is 12.4. The number of benzene rings is 1. The van der Waals surface area contributed by atoms with Gasteiger partial charge in [-0.1, -0.05) is 12.1 Å². The molecule has 0 aliphatic carbocycles. The molecule has 1 aromatic carbocycles. The van der Waals surface area contributed by atoms with Crippen LogP contribution in [0.5, 0.6) is 5.75 Å². The fourth-order valence-corrected chi connectivity index (χ4v) is 2.44. The van der Waals surface area contributed by atoms with Gasteiger partial charge in [-0.05, 0) is 28.5 Å². The zero-order valence-corrected chi connectivity index (χ0v) is 10.7. The van der Waals surface area contributed by atoms with Gasteiger partial charge in [0.05, 0.1) is 12.5 Å². The molecular formula is C13H12ClFOS. The van der Waals surface area contributed by atoms with Gasteiger partial charge in [0, 0.05) is 12.0 Å². The predicted molar refractivity (Wildman–Crippen MR) is 69.5 cm³/mol. The van der Waals surface area contributed by atoms with Gasteiger partial charge < -0.3 is 4.74 Å². The fourth-order valence-electron chi connectivity index (χ4n) is 1.53. The van der Waals surface area contributed by atoms with E-state index >= 15 is 0 Å². The van der Waals surface area contributed by atoms with E-state index < -0.39 is 0 Å². The maximum atomic E-state index is 13.5. The maximum Gasteiger partial charge on any atom is 0.165 e. The minimum Gasteiger partial charge on any atom is -0.490 e. The highest BCUT2D eigenvalue weighted by Crippen LogP contribution is 2.24. The second-order valence-corrected chi connectivity index (χ2v) is 4.64. The van der Waals surface area contributed by atoms with Gasteiger partial charge in [0.2, 0.25) is 0 Å². The van der Waals surface area contributed by atoms with Crippen molar-refractivity contribution in [3.63, 3.8) is 0 Å². The van der Waals surface area contributed by atoms with Crippen LogP contribution in [0.25, 0.3) is 0 Å². The number of ether oxygens (including phenoxy) is 1. The van der Waals surface area contributed by atoms with E-state index in [1.165, 1.54) is 11.6 Å². The van der Waals surface area contributed by atoms with Crippen molar-refractivity contribution in [1.82, 2.24) is 0 Å². The van der Waals surface area contributed by atoms with Crippen LogP contribution in [0.2, 0.25) is 0 Å². The normalized spacial score (nSPS) is 10.5. The summed E-state index contributed by atoms with van der Waals surface area (Å²) in [5, 5.41) is 4.08. The van der Waals surface area contributed by atoms with Crippen molar-refractivity contribution in [3.05, 3.63) is 52.0 Å². The summed E-state index contributed by atoms with van der Waals surface area (Å²) in [6.07, 6.45) is 0.777. The third-order valence-corrected chi connectivity index (χ3v) is 3.43. The molecule has 0 atom stereocenters. The number of hydrogen-bond acceptors (Lipinski definition) is 2. The summed E-state index contributed by atoms with van der Waals surface area (Å²) in [4.78, 5) is 0. The number of thiophene rings is 1. The van der Waals surface area contributed by atoms with Crippen LogP contribution in [0, 0.1) is 5.82 Å². The van der Waals surface area contributed by atoms with Crippen LogP contribution in [0.15, 0.2) is 35.0 Å². The molecule has 0 fully saturated rings. The van der Waals surface area contributed by atoms with E-state index in [1.807, 2.05) is 11.4 Å². The van der Waals surface area contributed by atoms with Crippen molar-refractivity contribution in [2.75, 3.05) is 6.61 Å². The Labute approximate surface area is 109 Å². The zero-order chi connectivity index (χ0) is 12.1. The smallest absolute Gasteiger partial charge is 0.165 e. The number of rotatable bonds is 5. The van der Waals surface area contributed by atoms with Crippen LogP contribution in [-0.2, 0) is 12.3 Å². The zero-order valence-electron chi connectivity index (χ0n) is 9.16. The first-order valence-electron chi connectivity index (χ1n) is 5.28. The lowest BCUT2D eigenvalue weighted by molar-refractivity contribution is 0.303. The highest BCUT2D eigenvalue weighted by Gasteiger charge is 2.08. The molecule has 2 rings (SSSR count). The van der Waals surface area contributed by atoms with Crippen LogP contribution in [0.3, 0.4) is 0 Å². The molecule has 0 saturated heterocycles. The van der Waals surface area contributed by atoms with Crippen molar-refractivity contribution in [1.29, 1.82) is 0 Å². The third kappa shape index (κ3) is 3.20. The van der Waals surface area contributed by atoms with E-state index in [0.29, 0.717) is 12.2 Å². The molecule has 17 heavy (non-hydrogen) atoms. The number of alkyl halides is 1. The molecular weight excluding hydrogens is 259 g/mol. The van der Waals surface area contributed by atoms with E-state index in [4.69, 9.17) is 16.3 Å². The molecule has 2 aromatic rings. The second kappa shape index (κ2) is 6.03. The fraction of sp³-hybridized carbons (Fsp3) is 0.231. The van der Waals surface area contributed by atoms with Crippen molar-refractivity contribution < 1.29 is 9.13 Å². The van der Waals surface area contributed by atoms with Crippen molar-refractivity contribution in [2.45, 2.75) is 12.3 Å². The Kier molecular flexibility index (Phi) is 4.40. The molecule has 4 heteroatoms. The Morgan fingerprint density at radius 1 is 1.29 bits per heavy atom. The molecule has 90 valence electrons. The summed E-state index contributed by atoms with van der Waals surface area (Å²) in [5.74, 6) is 0.178. The molecule has 0 saturated carbocycles. The summed E-state index contributed by atoms with van der Waals surface area (Å²) < 4.78 is 19.0. The van der Waals surface area contributed by atoms with Crippen LogP contribution >= 0.6 is 22.9 Å². The van der Waals surface area contributed by atoms with Gasteiger partial charge in [-0.2, -0.15) is 11.3 Å². The van der Waals surface area contributed by atoms with Gasteiger partial charge in [0.15, 0.2) is 11.6 Å². The first-order chi connectivity index (χ1) is 8.31. The van der Waals surface area contributed by atoms with Gasteiger partial charge in [0.25, 0.3) is 0 Å². The minimum absolute atomic E-state index is 0.256. The van der Waals surface area contributed by atoms with E-state index in [9.17, 15) is 4.39 Å².